The van der Waals surface area contributed by atoms with Gasteiger partial charge >= 0.3 is 0 Å². The van der Waals surface area contributed by atoms with Gasteiger partial charge < -0.3 is 11.1 Å². The van der Waals surface area contributed by atoms with Gasteiger partial charge in [0.15, 0.2) is 0 Å². The molecule has 0 spiro atoms. The number of nitrogens with one attached hydrogen (secondary N) is 1. The van der Waals surface area contributed by atoms with Gasteiger partial charge in [-0.2, -0.15) is 0 Å². The molecule has 1 aliphatic carbocycles. The number of hydrogen-bond donors (Lipinski definition) is 2. The Kier molecular flexibility index (Phi) is 6.31. The van der Waals surface area contributed by atoms with E-state index in [0.29, 0.717) is 17.8 Å². The molecular weight excluding hydrogens is 236 g/mol. The van der Waals surface area contributed by atoms with Gasteiger partial charge in [-0.1, -0.05) is 27.7 Å². The van der Waals surface area contributed by atoms with Crippen molar-refractivity contribution in [3.63, 3.8) is 0 Å². The maximum Gasteiger partial charge on any atom is 0.223 e. The lowest BCUT2D eigenvalue weighted by Crippen LogP contribution is -2.47. The molecule has 5 unspecified atom stereocenters. The van der Waals surface area contributed by atoms with E-state index in [9.17, 15) is 4.79 Å². The van der Waals surface area contributed by atoms with Crippen LogP contribution < -0.4 is 11.1 Å². The van der Waals surface area contributed by atoms with Gasteiger partial charge in [0.25, 0.3) is 0 Å². The summed E-state index contributed by atoms with van der Waals surface area (Å²) in [5.41, 5.74) is 6.12. The van der Waals surface area contributed by atoms with Crippen molar-refractivity contribution in [3.05, 3.63) is 0 Å². The van der Waals surface area contributed by atoms with Crippen LogP contribution in [0.3, 0.4) is 0 Å². The fraction of sp³-hybridized carbons (Fsp3) is 0.938. The standard InChI is InChI=1S/C16H32N2O/c1-10(2)6-7-13(5)18-16(19)14-9-15(17)12(4)8-11(14)3/h10-15H,6-9,17H2,1-5H3,(H,18,19). The highest BCUT2D eigenvalue weighted by molar-refractivity contribution is 5.79. The molecule has 1 fully saturated rings. The highest BCUT2D eigenvalue weighted by Gasteiger charge is 2.35. The second-order valence-corrected chi connectivity index (χ2v) is 7.08. The van der Waals surface area contributed by atoms with Crippen LogP contribution in [0.2, 0.25) is 0 Å². The average molecular weight is 268 g/mol. The molecule has 112 valence electrons. The van der Waals surface area contributed by atoms with E-state index in [0.717, 1.165) is 25.7 Å². The third-order valence-electron chi connectivity index (χ3n) is 4.59. The molecule has 1 amide bonds. The molecule has 3 heteroatoms. The summed E-state index contributed by atoms with van der Waals surface area (Å²) < 4.78 is 0. The Morgan fingerprint density at radius 1 is 1.16 bits per heavy atom. The second kappa shape index (κ2) is 7.28. The monoisotopic (exact) mass is 268 g/mol. The van der Waals surface area contributed by atoms with Crippen molar-refractivity contribution in [1.82, 2.24) is 5.32 Å². The first-order valence-electron chi connectivity index (χ1n) is 7.87. The number of hydrogen-bond acceptors (Lipinski definition) is 2. The van der Waals surface area contributed by atoms with Crippen LogP contribution >= 0.6 is 0 Å². The smallest absolute Gasteiger partial charge is 0.223 e. The fourth-order valence-corrected chi connectivity index (χ4v) is 3.05. The fourth-order valence-electron chi connectivity index (χ4n) is 3.05. The van der Waals surface area contributed by atoms with Crippen molar-refractivity contribution < 1.29 is 4.79 Å². The third kappa shape index (κ3) is 5.13. The Morgan fingerprint density at radius 3 is 2.37 bits per heavy atom. The zero-order valence-electron chi connectivity index (χ0n) is 13.3. The first kappa shape index (κ1) is 16.5. The van der Waals surface area contributed by atoms with E-state index in [2.05, 4.69) is 39.9 Å². The van der Waals surface area contributed by atoms with Gasteiger partial charge in [0.1, 0.15) is 0 Å². The molecule has 0 saturated heterocycles. The summed E-state index contributed by atoms with van der Waals surface area (Å²) in [5.74, 6) is 2.01. The maximum absolute atomic E-state index is 12.3. The predicted octanol–water partition coefficient (Wildman–Crippen LogP) is 2.94. The number of amides is 1. The minimum atomic E-state index is 0.104. The quantitative estimate of drug-likeness (QED) is 0.805. The van der Waals surface area contributed by atoms with Gasteiger partial charge in [-0.05, 0) is 50.4 Å². The Hall–Kier alpha value is -0.570. The highest BCUT2D eigenvalue weighted by Crippen LogP contribution is 2.33. The van der Waals surface area contributed by atoms with Crippen molar-refractivity contribution in [2.45, 2.75) is 72.4 Å². The summed E-state index contributed by atoms with van der Waals surface area (Å²) in [6.07, 6.45) is 4.13. The van der Waals surface area contributed by atoms with Crippen LogP contribution in [-0.4, -0.2) is 18.0 Å². The van der Waals surface area contributed by atoms with Crippen LogP contribution in [0, 0.1) is 23.7 Å². The van der Waals surface area contributed by atoms with E-state index in [4.69, 9.17) is 5.73 Å². The maximum atomic E-state index is 12.3. The van der Waals surface area contributed by atoms with Crippen molar-refractivity contribution in [3.8, 4) is 0 Å². The molecule has 0 heterocycles. The summed E-state index contributed by atoms with van der Waals surface area (Å²) in [7, 11) is 0. The van der Waals surface area contributed by atoms with E-state index >= 15 is 0 Å². The number of rotatable bonds is 5. The number of nitrogens with two attached hydrogens (primary N) is 1. The third-order valence-corrected chi connectivity index (χ3v) is 4.59. The molecule has 0 aliphatic heterocycles. The summed E-state index contributed by atoms with van der Waals surface area (Å²) in [4.78, 5) is 12.3. The summed E-state index contributed by atoms with van der Waals surface area (Å²) >= 11 is 0. The topological polar surface area (TPSA) is 55.1 Å². The number of carbonyl (C=O) groups excluding carboxylic acids is 1. The Morgan fingerprint density at radius 2 is 1.79 bits per heavy atom. The van der Waals surface area contributed by atoms with Crippen molar-refractivity contribution >= 4 is 5.91 Å². The molecule has 0 aromatic carbocycles. The Bertz CT molecular complexity index is 290. The normalized spacial score (nSPS) is 33.2. The minimum absolute atomic E-state index is 0.104. The highest BCUT2D eigenvalue weighted by atomic mass is 16.1. The Labute approximate surface area is 118 Å². The van der Waals surface area contributed by atoms with E-state index in [1.54, 1.807) is 0 Å². The van der Waals surface area contributed by atoms with Crippen LogP contribution in [0.15, 0.2) is 0 Å². The van der Waals surface area contributed by atoms with Crippen molar-refractivity contribution in [2.75, 3.05) is 0 Å². The minimum Gasteiger partial charge on any atom is -0.353 e. The lowest BCUT2D eigenvalue weighted by atomic mass is 9.72. The van der Waals surface area contributed by atoms with Crippen LogP contribution in [0.5, 0.6) is 0 Å². The molecule has 0 aromatic rings. The van der Waals surface area contributed by atoms with Gasteiger partial charge in [0, 0.05) is 18.0 Å². The SMILES string of the molecule is CC(C)CCC(C)NC(=O)C1CC(N)C(C)CC1C. The van der Waals surface area contributed by atoms with Crippen LogP contribution in [0.4, 0.5) is 0 Å². The van der Waals surface area contributed by atoms with Crippen LogP contribution in [0.25, 0.3) is 0 Å². The van der Waals surface area contributed by atoms with E-state index < -0.39 is 0 Å². The lowest BCUT2D eigenvalue weighted by Gasteiger charge is -2.36. The molecule has 5 atom stereocenters. The summed E-state index contributed by atoms with van der Waals surface area (Å²) in [6.45, 7) is 10.9. The zero-order chi connectivity index (χ0) is 14.6. The zero-order valence-corrected chi connectivity index (χ0v) is 13.3. The molecule has 0 aromatic heterocycles. The molecule has 3 nitrogen and oxygen atoms in total. The van der Waals surface area contributed by atoms with E-state index in [-0.39, 0.29) is 23.9 Å². The van der Waals surface area contributed by atoms with Gasteiger partial charge in [0.2, 0.25) is 5.91 Å². The van der Waals surface area contributed by atoms with Gasteiger partial charge in [0.05, 0.1) is 0 Å². The van der Waals surface area contributed by atoms with Crippen LogP contribution in [-0.2, 0) is 4.79 Å². The van der Waals surface area contributed by atoms with E-state index in [1.807, 2.05) is 0 Å². The van der Waals surface area contributed by atoms with Crippen molar-refractivity contribution in [2.24, 2.45) is 29.4 Å². The first-order valence-corrected chi connectivity index (χ1v) is 7.87. The number of carbonyl (C=O) groups is 1. The Balaban J connectivity index is 2.44. The van der Waals surface area contributed by atoms with Crippen LogP contribution in [0.1, 0.15) is 60.3 Å². The molecule has 0 bridgehead atoms. The van der Waals surface area contributed by atoms with Crippen molar-refractivity contribution in [1.29, 1.82) is 0 Å². The van der Waals surface area contributed by atoms with Gasteiger partial charge in [-0.3, -0.25) is 4.79 Å². The first-order chi connectivity index (χ1) is 8.81. The second-order valence-electron chi connectivity index (χ2n) is 7.08. The lowest BCUT2D eigenvalue weighted by molar-refractivity contribution is -0.128. The van der Waals surface area contributed by atoms with Gasteiger partial charge in [-0.15, -0.1) is 0 Å². The summed E-state index contributed by atoms with van der Waals surface area (Å²) in [5, 5.41) is 3.18. The molecule has 0 radical (unpaired) electrons. The molecule has 3 N–H and O–H groups in total. The molecule has 19 heavy (non-hydrogen) atoms. The average Bonchev–Trinajstić information content (AvgIpc) is 2.31. The molecule has 1 saturated carbocycles. The largest absolute Gasteiger partial charge is 0.353 e. The molecule has 1 rings (SSSR count). The predicted molar refractivity (Wildman–Crippen MR) is 80.7 cm³/mol. The summed E-state index contributed by atoms with van der Waals surface area (Å²) in [6, 6.07) is 0.454. The molecular formula is C16H32N2O. The van der Waals surface area contributed by atoms with E-state index in [1.165, 1.54) is 0 Å². The van der Waals surface area contributed by atoms with Gasteiger partial charge in [-0.25, -0.2) is 0 Å². The molecule has 1 aliphatic rings.